The molecular weight excluding hydrogens is 308 g/mol. The first-order valence-electron chi connectivity index (χ1n) is 6.48. The highest BCUT2D eigenvalue weighted by atomic mass is 79.9. The predicted octanol–water partition coefficient (Wildman–Crippen LogP) is 4.23. The van der Waals surface area contributed by atoms with Gasteiger partial charge in [-0.2, -0.15) is 0 Å². The standard InChI is InChI=1S/C15H19BrO3/c1-15(6-4-5-7-15)14(17)10-8-12(18-2)13(19-3)9-11(10)16/h8-9H,4-7H2,1-3H3. The SMILES string of the molecule is COc1cc(Br)c(C(=O)C2(C)CCCC2)cc1OC. The van der Waals surface area contributed by atoms with Gasteiger partial charge in [-0.3, -0.25) is 4.79 Å². The molecule has 0 spiro atoms. The van der Waals surface area contributed by atoms with Crippen LogP contribution in [0.1, 0.15) is 43.0 Å². The van der Waals surface area contributed by atoms with Crippen molar-refractivity contribution in [3.8, 4) is 11.5 Å². The number of methoxy groups -OCH3 is 2. The summed E-state index contributed by atoms with van der Waals surface area (Å²) < 4.78 is 11.3. The zero-order chi connectivity index (χ0) is 14.0. The monoisotopic (exact) mass is 326 g/mol. The Bertz CT molecular complexity index is 490. The summed E-state index contributed by atoms with van der Waals surface area (Å²) in [7, 11) is 3.17. The van der Waals surface area contributed by atoms with Crippen molar-refractivity contribution in [1.29, 1.82) is 0 Å². The fourth-order valence-corrected chi connectivity index (χ4v) is 3.24. The smallest absolute Gasteiger partial charge is 0.169 e. The van der Waals surface area contributed by atoms with Crippen LogP contribution in [0.25, 0.3) is 0 Å². The van der Waals surface area contributed by atoms with Gasteiger partial charge in [-0.1, -0.05) is 19.8 Å². The molecule has 0 heterocycles. The zero-order valence-corrected chi connectivity index (χ0v) is 13.2. The van der Waals surface area contributed by atoms with Crippen LogP contribution in [0.5, 0.6) is 11.5 Å². The second-order valence-electron chi connectivity index (χ2n) is 5.28. The molecule has 0 radical (unpaired) electrons. The minimum Gasteiger partial charge on any atom is -0.493 e. The molecule has 0 atom stereocenters. The summed E-state index contributed by atoms with van der Waals surface area (Å²) in [5.74, 6) is 1.41. The molecule has 104 valence electrons. The van der Waals surface area contributed by atoms with Gasteiger partial charge in [0.05, 0.1) is 14.2 Å². The first-order valence-corrected chi connectivity index (χ1v) is 7.27. The molecule has 0 aliphatic heterocycles. The quantitative estimate of drug-likeness (QED) is 0.777. The van der Waals surface area contributed by atoms with Crippen molar-refractivity contribution < 1.29 is 14.3 Å². The van der Waals surface area contributed by atoms with Crippen LogP contribution in [-0.4, -0.2) is 20.0 Å². The lowest BCUT2D eigenvalue weighted by molar-refractivity contribution is 0.0822. The van der Waals surface area contributed by atoms with E-state index in [-0.39, 0.29) is 11.2 Å². The molecule has 0 aromatic heterocycles. The highest BCUT2D eigenvalue weighted by Gasteiger charge is 2.37. The number of halogens is 1. The maximum absolute atomic E-state index is 12.7. The van der Waals surface area contributed by atoms with Crippen LogP contribution in [0.4, 0.5) is 0 Å². The van der Waals surface area contributed by atoms with Crippen molar-refractivity contribution in [2.45, 2.75) is 32.6 Å². The van der Waals surface area contributed by atoms with Gasteiger partial charge in [-0.05, 0) is 40.9 Å². The average molecular weight is 327 g/mol. The molecule has 1 aromatic carbocycles. The normalized spacial score (nSPS) is 17.3. The third kappa shape index (κ3) is 2.64. The molecule has 19 heavy (non-hydrogen) atoms. The largest absolute Gasteiger partial charge is 0.493 e. The van der Waals surface area contributed by atoms with Gasteiger partial charge < -0.3 is 9.47 Å². The molecule has 1 saturated carbocycles. The van der Waals surface area contributed by atoms with Crippen LogP contribution >= 0.6 is 15.9 Å². The van der Waals surface area contributed by atoms with Crippen LogP contribution in [0.15, 0.2) is 16.6 Å². The van der Waals surface area contributed by atoms with Gasteiger partial charge in [0, 0.05) is 15.5 Å². The highest BCUT2D eigenvalue weighted by Crippen LogP contribution is 2.43. The van der Waals surface area contributed by atoms with E-state index in [1.54, 1.807) is 26.4 Å². The van der Waals surface area contributed by atoms with Crippen molar-refractivity contribution in [2.75, 3.05) is 14.2 Å². The summed E-state index contributed by atoms with van der Waals surface area (Å²) in [6.45, 7) is 2.06. The number of carbonyl (C=O) groups is 1. The molecular formula is C15H19BrO3. The van der Waals surface area contributed by atoms with Crippen LogP contribution in [-0.2, 0) is 0 Å². The lowest BCUT2D eigenvalue weighted by atomic mass is 9.81. The number of Topliss-reactive ketones (excluding diaryl/α,β-unsaturated/α-hetero) is 1. The van der Waals surface area contributed by atoms with Crippen LogP contribution in [0.3, 0.4) is 0 Å². The minimum atomic E-state index is -0.234. The number of benzene rings is 1. The zero-order valence-electron chi connectivity index (χ0n) is 11.6. The van der Waals surface area contributed by atoms with Gasteiger partial charge in [-0.25, -0.2) is 0 Å². The van der Waals surface area contributed by atoms with Crippen LogP contribution < -0.4 is 9.47 Å². The number of hydrogen-bond acceptors (Lipinski definition) is 3. The van der Waals surface area contributed by atoms with E-state index in [1.165, 1.54) is 0 Å². The Labute approximate surface area is 122 Å². The van der Waals surface area contributed by atoms with E-state index in [4.69, 9.17) is 9.47 Å². The number of rotatable bonds is 4. The third-order valence-corrected chi connectivity index (χ3v) is 4.63. The maximum Gasteiger partial charge on any atom is 0.169 e. The van der Waals surface area contributed by atoms with Crippen molar-refractivity contribution in [3.63, 3.8) is 0 Å². The van der Waals surface area contributed by atoms with Gasteiger partial charge in [0.25, 0.3) is 0 Å². The summed E-state index contributed by atoms with van der Waals surface area (Å²) >= 11 is 3.47. The number of ketones is 1. The van der Waals surface area contributed by atoms with E-state index in [0.717, 1.165) is 30.2 Å². The summed E-state index contributed by atoms with van der Waals surface area (Å²) in [5, 5.41) is 0. The Morgan fingerprint density at radius 2 is 1.68 bits per heavy atom. The first kappa shape index (κ1) is 14.4. The lowest BCUT2D eigenvalue weighted by Gasteiger charge is -2.23. The molecule has 1 aliphatic carbocycles. The summed E-state index contributed by atoms with van der Waals surface area (Å²) in [6, 6.07) is 3.57. The van der Waals surface area contributed by atoms with E-state index >= 15 is 0 Å². The van der Waals surface area contributed by atoms with E-state index in [2.05, 4.69) is 22.9 Å². The van der Waals surface area contributed by atoms with Crippen molar-refractivity contribution in [1.82, 2.24) is 0 Å². The summed E-state index contributed by atoms with van der Waals surface area (Å²) in [6.07, 6.45) is 4.19. The summed E-state index contributed by atoms with van der Waals surface area (Å²) in [4.78, 5) is 12.7. The van der Waals surface area contributed by atoms with E-state index in [1.807, 2.05) is 0 Å². The Morgan fingerprint density at radius 1 is 1.16 bits per heavy atom. The highest BCUT2D eigenvalue weighted by molar-refractivity contribution is 9.10. The molecule has 0 amide bonds. The Morgan fingerprint density at radius 3 is 2.21 bits per heavy atom. The fourth-order valence-electron chi connectivity index (χ4n) is 2.74. The molecule has 4 heteroatoms. The number of hydrogen-bond donors (Lipinski definition) is 0. The molecule has 0 bridgehead atoms. The van der Waals surface area contributed by atoms with Gasteiger partial charge >= 0.3 is 0 Å². The van der Waals surface area contributed by atoms with E-state index in [0.29, 0.717) is 17.1 Å². The maximum atomic E-state index is 12.7. The second-order valence-corrected chi connectivity index (χ2v) is 6.14. The van der Waals surface area contributed by atoms with Crippen LogP contribution in [0.2, 0.25) is 0 Å². The van der Waals surface area contributed by atoms with E-state index in [9.17, 15) is 4.79 Å². The number of carbonyl (C=O) groups excluding carboxylic acids is 1. The van der Waals surface area contributed by atoms with Gasteiger partial charge in [0.1, 0.15) is 0 Å². The molecule has 0 saturated heterocycles. The van der Waals surface area contributed by atoms with Gasteiger partial charge in [-0.15, -0.1) is 0 Å². The second kappa shape index (κ2) is 5.53. The Hall–Kier alpha value is -1.03. The Balaban J connectivity index is 2.42. The van der Waals surface area contributed by atoms with Crippen molar-refractivity contribution >= 4 is 21.7 Å². The van der Waals surface area contributed by atoms with Gasteiger partial charge in [0.2, 0.25) is 0 Å². The molecule has 1 aromatic rings. The van der Waals surface area contributed by atoms with Crippen molar-refractivity contribution in [3.05, 3.63) is 22.2 Å². The number of ether oxygens (including phenoxy) is 2. The average Bonchev–Trinajstić information content (AvgIpc) is 2.85. The molecule has 1 aliphatic rings. The van der Waals surface area contributed by atoms with Crippen molar-refractivity contribution in [2.24, 2.45) is 5.41 Å². The molecule has 3 nitrogen and oxygen atoms in total. The first-order chi connectivity index (χ1) is 9.01. The van der Waals surface area contributed by atoms with E-state index < -0.39 is 0 Å². The molecule has 0 unspecified atom stereocenters. The minimum absolute atomic E-state index is 0.192. The molecule has 2 rings (SSSR count). The third-order valence-electron chi connectivity index (χ3n) is 3.97. The fraction of sp³-hybridized carbons (Fsp3) is 0.533. The van der Waals surface area contributed by atoms with Crippen LogP contribution in [0, 0.1) is 5.41 Å². The molecule has 1 fully saturated rings. The summed E-state index contributed by atoms with van der Waals surface area (Å²) in [5.41, 5.74) is 0.448. The lowest BCUT2D eigenvalue weighted by Crippen LogP contribution is -2.24. The predicted molar refractivity (Wildman–Crippen MR) is 78.2 cm³/mol. The molecule has 0 N–H and O–H groups in total. The van der Waals surface area contributed by atoms with Gasteiger partial charge in [0.15, 0.2) is 17.3 Å². The topological polar surface area (TPSA) is 35.5 Å². The Kier molecular flexibility index (Phi) is 4.19.